The fourth-order valence-corrected chi connectivity index (χ4v) is 12.0. The number of unbranched alkanes of at least 4 members (excludes halogenated alkanes) is 6. The van der Waals surface area contributed by atoms with Crippen LogP contribution in [0.25, 0.3) is 67.5 Å². The Morgan fingerprint density at radius 1 is 0.311 bits per heavy atom. The van der Waals surface area contributed by atoms with Crippen molar-refractivity contribution in [3.05, 3.63) is 321 Å². The predicted octanol–water partition coefficient (Wildman–Crippen LogP) is 27.6. The van der Waals surface area contributed by atoms with Gasteiger partial charge in [-0.1, -0.05) is 221 Å². The Kier molecular flexibility index (Phi) is 53.6. The summed E-state index contributed by atoms with van der Waals surface area (Å²) in [6.07, 6.45) is 16.3. The van der Waals surface area contributed by atoms with E-state index in [1.165, 1.54) is 41.7 Å². The Hall–Kier alpha value is -6.51. The van der Waals surface area contributed by atoms with Gasteiger partial charge in [-0.25, -0.2) is 0 Å². The van der Waals surface area contributed by atoms with E-state index >= 15 is 0 Å². The standard InChI is InChI=1S/C17H17F3N.C17H20N.C16H15F3N.3C16H17FN.6Ir/c1-3-4-5-13-10-14(7-8-15(13)17(18,19)20)16-9-6-12(2)11-21-16;1-4-5-7-15-8-6-9-16(14(15)3)17-11-10-13(2)12-18-17;1-2-3-6-12-11-13(15-7-4-5-10-20-15)8-9-14(12)16(17,18)19;1-3-4-7-13-11-14(9-10-15(13)17)16-8-5-6-12(2)18-16;1-3-4-6-13-7-5-8-14(16(13)17)15-10-9-12(2)11-18-15;1-3-4-5-13-10-14(7-8-15(13)17)16-9-6-12(2)11-18-16;;;;;;/h6,8-11H,3-5H2,1-2H3;6,8,10-12H,4-5,7H2,1-3H3;4-5,7,9-11H,2-3,6H2,1H3;5-6,8,10-11H,3-4,7H2,1-2H3;5,7,9-11H,3-4,6H2,1-2H3;6,8-11H,3-5H2,1-2H3;;;;;;/q6*-1;;;;;;. The van der Waals surface area contributed by atoms with Crippen LogP contribution in [0.5, 0.6) is 0 Å². The number of halogens is 9. The van der Waals surface area contributed by atoms with Crippen LogP contribution in [0.2, 0.25) is 0 Å². The molecule has 6 heterocycles. The van der Waals surface area contributed by atoms with E-state index in [0.29, 0.717) is 57.7 Å². The van der Waals surface area contributed by atoms with Crippen molar-refractivity contribution in [2.75, 3.05) is 0 Å². The number of rotatable bonds is 24. The quantitative estimate of drug-likeness (QED) is 0.0443. The first-order valence-electron chi connectivity index (χ1n) is 39.2. The van der Waals surface area contributed by atoms with Crippen LogP contribution in [0.1, 0.15) is 197 Å². The molecular formula is C98H103F9Ir6N6-6. The van der Waals surface area contributed by atoms with Gasteiger partial charge in [0.25, 0.3) is 0 Å². The summed E-state index contributed by atoms with van der Waals surface area (Å²) >= 11 is 0. The van der Waals surface area contributed by atoms with Crippen LogP contribution in [0, 0.1) is 95.4 Å². The molecule has 6 radical (unpaired) electrons. The van der Waals surface area contributed by atoms with Gasteiger partial charge in [0.15, 0.2) is 0 Å². The molecule has 12 rings (SSSR count). The molecule has 0 aliphatic carbocycles. The fraction of sp³-hybridized carbons (Fsp3) is 0.327. The van der Waals surface area contributed by atoms with Crippen LogP contribution in [0.4, 0.5) is 39.5 Å². The second-order valence-electron chi connectivity index (χ2n) is 28.1. The Labute approximate surface area is 781 Å². The third-order valence-electron chi connectivity index (χ3n) is 18.6. The van der Waals surface area contributed by atoms with Crippen molar-refractivity contribution in [2.45, 2.75) is 211 Å². The molecule has 12 aromatic rings. The first-order valence-corrected chi connectivity index (χ1v) is 39.2. The van der Waals surface area contributed by atoms with E-state index in [0.717, 1.165) is 175 Å². The number of pyridine rings is 6. The first kappa shape index (κ1) is 110. The number of nitrogens with zero attached hydrogens (tertiary/aromatic N) is 6. The zero-order valence-electron chi connectivity index (χ0n) is 69.2. The van der Waals surface area contributed by atoms with Crippen molar-refractivity contribution in [1.29, 1.82) is 0 Å². The SMILES string of the molecule is CCCCc1cc(-c2ccc(C)cn2)[c-]cc1C(F)(F)F.CCCCc1cc(-c2ccc(C)cn2)[c-]cc1F.CCCCc1cc(-c2cccc(C)n2)[c-]cc1F.CCCCc1cc(-c2ccccn2)[c-]cc1C(F)(F)F.CCCCc1cc[c-]c(-c2ccc(C)cn2)c1C.CCCCc1cc[c-]c(-c2ccc(C)cn2)c1F.[Ir].[Ir].[Ir].[Ir].[Ir].[Ir]. The summed E-state index contributed by atoms with van der Waals surface area (Å²) in [5.41, 5.74) is 19.0. The van der Waals surface area contributed by atoms with E-state index < -0.39 is 23.5 Å². The maximum atomic E-state index is 14.3. The minimum atomic E-state index is -4.33. The van der Waals surface area contributed by atoms with Crippen molar-refractivity contribution >= 4 is 0 Å². The van der Waals surface area contributed by atoms with Gasteiger partial charge in [0.1, 0.15) is 0 Å². The molecule has 119 heavy (non-hydrogen) atoms. The number of alkyl halides is 6. The third-order valence-corrected chi connectivity index (χ3v) is 18.6. The van der Waals surface area contributed by atoms with Crippen molar-refractivity contribution in [2.24, 2.45) is 0 Å². The van der Waals surface area contributed by atoms with Crippen LogP contribution in [-0.2, 0) is 172 Å². The molecule has 0 unspecified atom stereocenters. The van der Waals surface area contributed by atoms with Crippen molar-refractivity contribution in [1.82, 2.24) is 29.9 Å². The molecular weight excluding hydrogens is 2590 g/mol. The molecule has 0 aliphatic rings. The van der Waals surface area contributed by atoms with Crippen molar-refractivity contribution in [3.8, 4) is 67.5 Å². The van der Waals surface area contributed by atoms with E-state index in [1.807, 2.05) is 127 Å². The number of hydrogen-bond acceptors (Lipinski definition) is 6. The molecule has 0 bridgehead atoms. The van der Waals surface area contributed by atoms with E-state index in [2.05, 4.69) is 126 Å². The molecule has 0 saturated carbocycles. The summed E-state index contributed by atoms with van der Waals surface area (Å²) in [7, 11) is 0. The van der Waals surface area contributed by atoms with Gasteiger partial charge in [-0.3, -0.25) is 13.2 Å². The predicted molar refractivity (Wildman–Crippen MR) is 441 cm³/mol. The summed E-state index contributed by atoms with van der Waals surface area (Å²) in [5, 5.41) is 0. The average molecular weight is 2690 g/mol. The normalized spacial score (nSPS) is 10.4. The van der Waals surface area contributed by atoms with Crippen LogP contribution < -0.4 is 0 Å². The van der Waals surface area contributed by atoms with Gasteiger partial charge >= 0.3 is 12.4 Å². The smallest absolute Gasteiger partial charge is 0.305 e. The summed E-state index contributed by atoms with van der Waals surface area (Å²) < 4.78 is 120. The molecule has 648 valence electrons. The van der Waals surface area contributed by atoms with Gasteiger partial charge in [-0.15, -0.1) is 159 Å². The Morgan fingerprint density at radius 2 is 0.639 bits per heavy atom. The minimum Gasteiger partial charge on any atom is -0.305 e. The zero-order valence-corrected chi connectivity index (χ0v) is 83.6. The molecule has 6 aromatic carbocycles. The van der Waals surface area contributed by atoms with Crippen LogP contribution in [-0.4, -0.2) is 29.9 Å². The topological polar surface area (TPSA) is 77.3 Å². The van der Waals surface area contributed by atoms with E-state index in [1.54, 1.807) is 61.1 Å². The second kappa shape index (κ2) is 57.8. The number of aromatic nitrogens is 6. The minimum absolute atomic E-state index is 0. The molecule has 0 saturated heterocycles. The number of aryl methyl sites for hydroxylation is 11. The molecule has 0 atom stereocenters. The van der Waals surface area contributed by atoms with E-state index in [9.17, 15) is 39.5 Å². The van der Waals surface area contributed by atoms with Crippen molar-refractivity contribution < 1.29 is 160 Å². The summed E-state index contributed by atoms with van der Waals surface area (Å²) in [6, 6.07) is 64.0. The molecule has 6 aromatic heterocycles. The van der Waals surface area contributed by atoms with E-state index in [-0.39, 0.29) is 138 Å². The van der Waals surface area contributed by atoms with Crippen molar-refractivity contribution in [3.63, 3.8) is 0 Å². The van der Waals surface area contributed by atoms with Crippen LogP contribution in [0.15, 0.2) is 189 Å². The summed E-state index contributed by atoms with van der Waals surface area (Å²) in [4.78, 5) is 25.9. The molecule has 0 fully saturated rings. The molecule has 0 spiro atoms. The van der Waals surface area contributed by atoms with Gasteiger partial charge < -0.3 is 29.9 Å². The third kappa shape index (κ3) is 36.4. The van der Waals surface area contributed by atoms with E-state index in [4.69, 9.17) is 0 Å². The van der Waals surface area contributed by atoms with Gasteiger partial charge in [-0.05, 0) is 153 Å². The zero-order chi connectivity index (χ0) is 81.9. The van der Waals surface area contributed by atoms with Crippen LogP contribution >= 0.6 is 0 Å². The maximum absolute atomic E-state index is 14.3. The molecule has 0 aliphatic heterocycles. The summed E-state index contributed by atoms with van der Waals surface area (Å²) in [5.74, 6) is -0.513. The average Bonchev–Trinajstić information content (AvgIpc) is 0.816. The van der Waals surface area contributed by atoms with Gasteiger partial charge in [0.2, 0.25) is 0 Å². The first-order chi connectivity index (χ1) is 54.3. The largest absolute Gasteiger partial charge is 0.381 e. The fourth-order valence-electron chi connectivity index (χ4n) is 12.0. The Balaban J connectivity index is 0.000000708. The van der Waals surface area contributed by atoms with Gasteiger partial charge in [-0.2, -0.15) is 26.3 Å². The summed E-state index contributed by atoms with van der Waals surface area (Å²) in [6.45, 7) is 24.5. The van der Waals surface area contributed by atoms with Crippen LogP contribution in [0.3, 0.4) is 0 Å². The second-order valence-corrected chi connectivity index (χ2v) is 28.1. The molecule has 0 N–H and O–H groups in total. The maximum Gasteiger partial charge on any atom is 0.381 e. The molecule has 21 heteroatoms. The Bertz CT molecular complexity index is 4750. The van der Waals surface area contributed by atoms with Gasteiger partial charge in [0, 0.05) is 175 Å². The number of benzene rings is 6. The monoisotopic (exact) mass is 2690 g/mol. The van der Waals surface area contributed by atoms with Gasteiger partial charge in [0.05, 0.1) is 0 Å². The molecule has 0 amide bonds. The Morgan fingerprint density at radius 3 is 1.01 bits per heavy atom. The number of hydrogen-bond donors (Lipinski definition) is 0. The molecule has 6 nitrogen and oxygen atoms in total.